The predicted octanol–water partition coefficient (Wildman–Crippen LogP) is 4.48. The molecular formula is C22H21ClN2O5S. The van der Waals surface area contributed by atoms with Crippen molar-refractivity contribution in [2.24, 2.45) is 0 Å². The Labute approximate surface area is 185 Å². The van der Waals surface area contributed by atoms with Crippen LogP contribution >= 0.6 is 11.6 Å². The number of carboxylic acids is 1. The van der Waals surface area contributed by atoms with E-state index in [1.54, 1.807) is 13.1 Å². The summed E-state index contributed by atoms with van der Waals surface area (Å²) in [7, 11) is -0.983. The molecule has 0 spiro atoms. The molecule has 0 aliphatic carbocycles. The normalized spacial score (nSPS) is 11.1. The summed E-state index contributed by atoms with van der Waals surface area (Å²) < 4.78 is 33.9. The first kappa shape index (κ1) is 22.5. The smallest absolute Gasteiger partial charge is 0.335 e. The van der Waals surface area contributed by atoms with Gasteiger partial charge in [0.15, 0.2) is 0 Å². The molecule has 0 radical (unpaired) electrons. The van der Waals surface area contributed by atoms with Crippen molar-refractivity contribution in [3.05, 3.63) is 82.9 Å². The fraction of sp³-hybridized carbons (Fsp3) is 0.136. The molecule has 3 aromatic rings. The van der Waals surface area contributed by atoms with Crippen molar-refractivity contribution < 1.29 is 23.1 Å². The molecule has 0 aliphatic heterocycles. The van der Waals surface area contributed by atoms with Gasteiger partial charge in [0.05, 0.1) is 24.0 Å². The maximum atomic E-state index is 13.1. The number of nitrogens with one attached hydrogen (secondary N) is 1. The highest BCUT2D eigenvalue weighted by Crippen LogP contribution is 2.33. The number of benzene rings is 3. The number of carboxylic acid groups (broad SMARTS) is 1. The summed E-state index contributed by atoms with van der Waals surface area (Å²) in [5, 5.41) is 9.60. The first-order valence-corrected chi connectivity index (χ1v) is 11.1. The Hall–Kier alpha value is -3.23. The van der Waals surface area contributed by atoms with E-state index in [4.69, 9.17) is 16.3 Å². The van der Waals surface area contributed by atoms with E-state index in [2.05, 4.69) is 4.72 Å². The molecule has 7 nitrogen and oxygen atoms in total. The van der Waals surface area contributed by atoms with Crippen LogP contribution in [-0.4, -0.2) is 33.7 Å². The zero-order valence-corrected chi connectivity index (χ0v) is 18.4. The molecule has 0 saturated carbocycles. The third kappa shape index (κ3) is 5.28. The number of anilines is 2. The van der Waals surface area contributed by atoms with Crippen molar-refractivity contribution in [3.63, 3.8) is 0 Å². The van der Waals surface area contributed by atoms with Gasteiger partial charge in [-0.25, -0.2) is 13.2 Å². The summed E-state index contributed by atoms with van der Waals surface area (Å²) in [6.07, 6.45) is 0. The second kappa shape index (κ2) is 9.28. The van der Waals surface area contributed by atoms with Crippen LogP contribution in [0.4, 0.5) is 11.4 Å². The lowest BCUT2D eigenvalue weighted by atomic mass is 10.1. The van der Waals surface area contributed by atoms with Crippen LogP contribution in [0.15, 0.2) is 71.6 Å². The highest BCUT2D eigenvalue weighted by Gasteiger charge is 2.23. The average Bonchev–Trinajstić information content (AvgIpc) is 2.74. The van der Waals surface area contributed by atoms with Crippen molar-refractivity contribution >= 4 is 39.0 Å². The molecule has 0 amide bonds. The number of aromatic carboxylic acids is 1. The van der Waals surface area contributed by atoms with Gasteiger partial charge < -0.3 is 14.7 Å². The van der Waals surface area contributed by atoms with E-state index in [1.807, 2.05) is 35.2 Å². The van der Waals surface area contributed by atoms with Gasteiger partial charge in [0.25, 0.3) is 10.0 Å². The van der Waals surface area contributed by atoms with E-state index in [0.717, 1.165) is 5.56 Å². The number of halogens is 1. The maximum absolute atomic E-state index is 13.1. The molecule has 31 heavy (non-hydrogen) atoms. The van der Waals surface area contributed by atoms with E-state index in [-0.39, 0.29) is 26.9 Å². The number of ether oxygens (including phenoxy) is 1. The third-order valence-corrected chi connectivity index (χ3v) is 6.20. The number of hydrogen-bond acceptors (Lipinski definition) is 5. The molecule has 0 heterocycles. The quantitative estimate of drug-likeness (QED) is 0.514. The van der Waals surface area contributed by atoms with Crippen LogP contribution in [0.2, 0.25) is 5.02 Å². The number of carbonyl (C=O) groups is 1. The molecule has 0 aliphatic rings. The van der Waals surface area contributed by atoms with Gasteiger partial charge in [0, 0.05) is 18.6 Å². The second-order valence-corrected chi connectivity index (χ2v) is 8.87. The van der Waals surface area contributed by atoms with Crippen molar-refractivity contribution in [1.29, 1.82) is 0 Å². The molecular weight excluding hydrogens is 440 g/mol. The second-order valence-electron chi connectivity index (χ2n) is 6.78. The summed E-state index contributed by atoms with van der Waals surface area (Å²) in [6.45, 7) is 0.489. The molecule has 3 rings (SSSR count). The number of sulfonamides is 1. The van der Waals surface area contributed by atoms with Crippen LogP contribution in [0.3, 0.4) is 0 Å². The van der Waals surface area contributed by atoms with E-state index in [9.17, 15) is 18.3 Å². The van der Waals surface area contributed by atoms with Gasteiger partial charge in [0.2, 0.25) is 0 Å². The highest BCUT2D eigenvalue weighted by atomic mass is 35.5. The summed E-state index contributed by atoms with van der Waals surface area (Å²) in [5.74, 6) is -1.05. The molecule has 0 atom stereocenters. The van der Waals surface area contributed by atoms with E-state index < -0.39 is 16.0 Å². The lowest BCUT2D eigenvalue weighted by Crippen LogP contribution is -2.21. The van der Waals surface area contributed by atoms with Crippen LogP contribution < -0.4 is 14.4 Å². The maximum Gasteiger partial charge on any atom is 0.335 e. The fourth-order valence-electron chi connectivity index (χ4n) is 3.09. The van der Waals surface area contributed by atoms with Crippen molar-refractivity contribution in [2.75, 3.05) is 23.8 Å². The molecule has 2 N–H and O–H groups in total. The lowest BCUT2D eigenvalue weighted by molar-refractivity contribution is 0.0697. The molecule has 3 aromatic carbocycles. The number of hydrogen-bond donors (Lipinski definition) is 2. The van der Waals surface area contributed by atoms with Gasteiger partial charge >= 0.3 is 5.97 Å². The molecule has 0 fully saturated rings. The summed E-state index contributed by atoms with van der Waals surface area (Å²) in [4.78, 5) is 13.2. The van der Waals surface area contributed by atoms with Crippen LogP contribution in [0.25, 0.3) is 0 Å². The monoisotopic (exact) mass is 460 g/mol. The van der Waals surface area contributed by atoms with Gasteiger partial charge in [-0.15, -0.1) is 0 Å². The molecule has 9 heteroatoms. The minimum Gasteiger partial charge on any atom is -0.495 e. The standard InChI is InChI=1S/C22H21ClN2O5S/c1-25(14-15-6-4-3-5-7-15)19-10-8-16(22(26)27)12-18(19)24-31(28,29)21-13-17(23)9-11-20(21)30-2/h3-13,24H,14H2,1-2H3,(H,26,27). The molecule has 162 valence electrons. The molecule has 0 unspecified atom stereocenters. The third-order valence-electron chi connectivity index (χ3n) is 4.58. The van der Waals surface area contributed by atoms with Crippen molar-refractivity contribution in [1.82, 2.24) is 0 Å². The topological polar surface area (TPSA) is 95.9 Å². The summed E-state index contributed by atoms with van der Waals surface area (Å²) in [5.41, 5.74) is 1.60. The zero-order chi connectivity index (χ0) is 22.6. The molecule has 0 aromatic heterocycles. The predicted molar refractivity (Wildman–Crippen MR) is 121 cm³/mol. The minimum atomic E-state index is -4.13. The molecule has 0 bridgehead atoms. The average molecular weight is 461 g/mol. The Balaban J connectivity index is 2.03. The van der Waals surface area contributed by atoms with Gasteiger partial charge in [-0.1, -0.05) is 41.9 Å². The number of methoxy groups -OCH3 is 1. The molecule has 0 saturated heterocycles. The minimum absolute atomic E-state index is 0.0485. The van der Waals surface area contributed by atoms with Gasteiger partial charge in [-0.05, 0) is 42.0 Å². The highest BCUT2D eigenvalue weighted by molar-refractivity contribution is 7.92. The van der Waals surface area contributed by atoms with E-state index >= 15 is 0 Å². The Morgan fingerprint density at radius 1 is 1.10 bits per heavy atom. The fourth-order valence-corrected chi connectivity index (χ4v) is 4.58. The van der Waals surface area contributed by atoms with Crippen molar-refractivity contribution in [3.8, 4) is 5.75 Å². The van der Waals surface area contributed by atoms with E-state index in [0.29, 0.717) is 12.2 Å². The summed E-state index contributed by atoms with van der Waals surface area (Å²) in [6, 6.07) is 18.1. The Bertz CT molecular complexity index is 1200. The van der Waals surface area contributed by atoms with E-state index in [1.165, 1.54) is 37.4 Å². The van der Waals surface area contributed by atoms with Crippen LogP contribution in [-0.2, 0) is 16.6 Å². The van der Waals surface area contributed by atoms with Crippen LogP contribution in [0.1, 0.15) is 15.9 Å². The Morgan fingerprint density at radius 3 is 2.45 bits per heavy atom. The van der Waals surface area contributed by atoms with Gasteiger partial charge in [0.1, 0.15) is 10.6 Å². The Kier molecular flexibility index (Phi) is 6.72. The lowest BCUT2D eigenvalue weighted by Gasteiger charge is -2.24. The van der Waals surface area contributed by atoms with Gasteiger partial charge in [-0.3, -0.25) is 4.72 Å². The first-order chi connectivity index (χ1) is 14.7. The first-order valence-electron chi connectivity index (χ1n) is 9.20. The van der Waals surface area contributed by atoms with Crippen LogP contribution in [0.5, 0.6) is 5.75 Å². The zero-order valence-electron chi connectivity index (χ0n) is 16.9. The van der Waals surface area contributed by atoms with Crippen LogP contribution in [0, 0.1) is 0 Å². The summed E-state index contributed by atoms with van der Waals surface area (Å²) >= 11 is 5.99. The largest absolute Gasteiger partial charge is 0.495 e. The van der Waals surface area contributed by atoms with Gasteiger partial charge in [-0.2, -0.15) is 0 Å². The van der Waals surface area contributed by atoms with Crippen molar-refractivity contribution in [2.45, 2.75) is 11.4 Å². The SMILES string of the molecule is COc1ccc(Cl)cc1S(=O)(=O)Nc1cc(C(=O)O)ccc1N(C)Cc1ccccc1. The Morgan fingerprint density at radius 2 is 1.81 bits per heavy atom. The number of nitrogens with zero attached hydrogens (tertiary/aromatic N) is 1. The number of rotatable bonds is 8.